The molecule has 1 unspecified atom stereocenters. The summed E-state index contributed by atoms with van der Waals surface area (Å²) < 4.78 is 6.20. The van der Waals surface area contributed by atoms with Crippen molar-refractivity contribution in [3.8, 4) is 0 Å². The van der Waals surface area contributed by atoms with E-state index in [1.54, 1.807) is 0 Å². The van der Waals surface area contributed by atoms with Crippen molar-refractivity contribution < 1.29 is 9.53 Å². The lowest BCUT2D eigenvalue weighted by Crippen LogP contribution is -2.55. The number of rotatable bonds is 5. The van der Waals surface area contributed by atoms with E-state index in [-0.39, 0.29) is 24.0 Å². The molecule has 1 aromatic heterocycles. The highest BCUT2D eigenvalue weighted by molar-refractivity contribution is 5.83. The molecule has 0 N–H and O–H groups in total. The quantitative estimate of drug-likeness (QED) is 0.593. The van der Waals surface area contributed by atoms with E-state index in [2.05, 4.69) is 28.6 Å². The third-order valence-corrected chi connectivity index (χ3v) is 6.65. The van der Waals surface area contributed by atoms with Crippen molar-refractivity contribution in [2.45, 2.75) is 37.8 Å². The van der Waals surface area contributed by atoms with Crippen LogP contribution in [0, 0.1) is 17.8 Å². The Labute approximate surface area is 160 Å². The Morgan fingerprint density at radius 1 is 1.26 bits per heavy atom. The van der Waals surface area contributed by atoms with Gasteiger partial charge < -0.3 is 4.74 Å². The van der Waals surface area contributed by atoms with Crippen molar-refractivity contribution >= 4 is 16.9 Å². The summed E-state index contributed by atoms with van der Waals surface area (Å²) in [6, 6.07) is 10.5. The first kappa shape index (κ1) is 16.9. The summed E-state index contributed by atoms with van der Waals surface area (Å²) in [6.45, 7) is 6.14. The lowest BCUT2D eigenvalue weighted by atomic mass is 9.73. The van der Waals surface area contributed by atoms with Gasteiger partial charge in [0.25, 0.3) is 0 Å². The van der Waals surface area contributed by atoms with Gasteiger partial charge in [-0.3, -0.25) is 14.7 Å². The predicted octanol–water partition coefficient (Wildman–Crippen LogP) is 4.13. The Morgan fingerprint density at radius 3 is 2.85 bits per heavy atom. The maximum Gasteiger partial charge on any atom is 0.309 e. The number of hydrogen-bond acceptors (Lipinski definition) is 4. The number of piperidine rings is 3. The number of aromatic nitrogens is 1. The molecule has 1 aromatic carbocycles. The molecule has 0 radical (unpaired) electrons. The van der Waals surface area contributed by atoms with Crippen LogP contribution in [0.15, 0.2) is 49.2 Å². The SMILES string of the molecule is C=C[C@@H]1CN2CC[C@H]1C[C@H]2[C@@H](OC(=O)C1CC1)c1ccnc2ccccc12. The molecule has 3 saturated heterocycles. The molecule has 27 heavy (non-hydrogen) atoms. The monoisotopic (exact) mass is 362 g/mol. The molecule has 4 fully saturated rings. The second kappa shape index (κ2) is 6.75. The number of carbonyl (C=O) groups is 1. The minimum absolute atomic E-state index is 0.0242. The van der Waals surface area contributed by atoms with Gasteiger partial charge in [0.15, 0.2) is 0 Å². The second-order valence-corrected chi connectivity index (χ2v) is 8.30. The van der Waals surface area contributed by atoms with Crippen molar-refractivity contribution in [1.82, 2.24) is 9.88 Å². The fourth-order valence-corrected chi connectivity index (χ4v) is 4.95. The molecule has 1 aliphatic carbocycles. The van der Waals surface area contributed by atoms with Gasteiger partial charge in [0.1, 0.15) is 6.10 Å². The maximum atomic E-state index is 12.6. The molecular weight excluding hydrogens is 336 g/mol. The van der Waals surface area contributed by atoms with E-state index in [0.717, 1.165) is 48.8 Å². The van der Waals surface area contributed by atoms with Crippen LogP contribution < -0.4 is 0 Å². The van der Waals surface area contributed by atoms with Crippen molar-refractivity contribution in [3.05, 3.63) is 54.7 Å². The number of nitrogens with zero attached hydrogens (tertiary/aromatic N) is 2. The maximum absolute atomic E-state index is 12.6. The summed E-state index contributed by atoms with van der Waals surface area (Å²) in [7, 11) is 0. The van der Waals surface area contributed by atoms with E-state index in [4.69, 9.17) is 4.74 Å². The molecule has 0 spiro atoms. The standard InChI is InChI=1S/C23H26N2O2/c1-2-15-14-25-12-10-17(15)13-21(25)22(27-23(26)16-7-8-16)19-9-11-24-20-6-4-3-5-18(19)20/h2-6,9,11,15-17,21-22H,1,7-8,10,12-14H2/t15-,17+,21+,22+/m1/s1. The molecule has 1 saturated carbocycles. The average molecular weight is 362 g/mol. The van der Waals surface area contributed by atoms with E-state index in [1.165, 1.54) is 6.42 Å². The van der Waals surface area contributed by atoms with Crippen LogP contribution in [0.25, 0.3) is 10.9 Å². The number of ether oxygens (including phenoxy) is 1. The normalized spacial score (nSPS) is 30.8. The van der Waals surface area contributed by atoms with Gasteiger partial charge in [0, 0.05) is 23.7 Å². The molecule has 0 amide bonds. The lowest BCUT2D eigenvalue weighted by Gasteiger charge is -2.51. The summed E-state index contributed by atoms with van der Waals surface area (Å²) >= 11 is 0. The van der Waals surface area contributed by atoms with Crippen LogP contribution in [-0.4, -0.2) is 35.0 Å². The van der Waals surface area contributed by atoms with E-state index < -0.39 is 0 Å². The van der Waals surface area contributed by atoms with Gasteiger partial charge in [0.05, 0.1) is 17.5 Å². The van der Waals surface area contributed by atoms with Gasteiger partial charge in [-0.2, -0.15) is 0 Å². The first-order chi connectivity index (χ1) is 13.2. The van der Waals surface area contributed by atoms with Crippen LogP contribution in [0.5, 0.6) is 0 Å². The molecule has 4 aliphatic rings. The molecule has 4 heteroatoms. The van der Waals surface area contributed by atoms with Gasteiger partial charge in [-0.15, -0.1) is 6.58 Å². The van der Waals surface area contributed by atoms with Gasteiger partial charge >= 0.3 is 5.97 Å². The first-order valence-electron chi connectivity index (χ1n) is 10.2. The summed E-state index contributed by atoms with van der Waals surface area (Å²) in [6.07, 6.45) is 7.96. The van der Waals surface area contributed by atoms with Crippen LogP contribution in [0.3, 0.4) is 0 Å². The van der Waals surface area contributed by atoms with Crippen LogP contribution >= 0.6 is 0 Å². The van der Waals surface area contributed by atoms with Crippen molar-refractivity contribution in [2.75, 3.05) is 13.1 Å². The molecule has 2 aromatic rings. The molecule has 4 nitrogen and oxygen atoms in total. The van der Waals surface area contributed by atoms with Crippen LogP contribution in [0.4, 0.5) is 0 Å². The highest BCUT2D eigenvalue weighted by atomic mass is 16.5. The third-order valence-electron chi connectivity index (χ3n) is 6.65. The molecule has 5 atom stereocenters. The largest absolute Gasteiger partial charge is 0.456 e. The Balaban J connectivity index is 1.53. The Morgan fingerprint density at radius 2 is 2.11 bits per heavy atom. The highest BCUT2D eigenvalue weighted by Gasteiger charge is 2.45. The molecule has 140 valence electrons. The smallest absolute Gasteiger partial charge is 0.309 e. The zero-order valence-corrected chi connectivity index (χ0v) is 15.6. The predicted molar refractivity (Wildman–Crippen MR) is 105 cm³/mol. The van der Waals surface area contributed by atoms with Gasteiger partial charge in [-0.25, -0.2) is 0 Å². The van der Waals surface area contributed by atoms with Crippen molar-refractivity contribution in [2.24, 2.45) is 17.8 Å². The lowest BCUT2D eigenvalue weighted by molar-refractivity contribution is -0.158. The molecule has 4 heterocycles. The van der Waals surface area contributed by atoms with Crippen molar-refractivity contribution in [1.29, 1.82) is 0 Å². The molecule has 3 aliphatic heterocycles. The third kappa shape index (κ3) is 3.06. The average Bonchev–Trinajstić information content (AvgIpc) is 3.57. The van der Waals surface area contributed by atoms with Crippen LogP contribution in [0.1, 0.15) is 37.4 Å². The number of benzene rings is 1. The van der Waals surface area contributed by atoms with Crippen molar-refractivity contribution in [3.63, 3.8) is 0 Å². The fraction of sp³-hybridized carbons (Fsp3) is 0.478. The Bertz CT molecular complexity index is 870. The summed E-state index contributed by atoms with van der Waals surface area (Å²) in [5.41, 5.74) is 2.06. The van der Waals surface area contributed by atoms with Gasteiger partial charge in [-0.05, 0) is 56.2 Å². The minimum atomic E-state index is -0.223. The number of esters is 1. The van der Waals surface area contributed by atoms with E-state index in [9.17, 15) is 4.79 Å². The summed E-state index contributed by atoms with van der Waals surface area (Å²) in [5, 5.41) is 1.09. The van der Waals surface area contributed by atoms with E-state index in [0.29, 0.717) is 11.8 Å². The number of pyridine rings is 1. The number of fused-ring (bicyclic) bond motifs is 4. The molecule has 2 bridgehead atoms. The van der Waals surface area contributed by atoms with Gasteiger partial charge in [-0.1, -0.05) is 24.3 Å². The molecular formula is C23H26N2O2. The van der Waals surface area contributed by atoms with Gasteiger partial charge in [0.2, 0.25) is 0 Å². The molecule has 6 rings (SSSR count). The van der Waals surface area contributed by atoms with Crippen LogP contribution in [-0.2, 0) is 9.53 Å². The Hall–Kier alpha value is -2.20. The summed E-state index contributed by atoms with van der Waals surface area (Å²) in [5.74, 6) is 1.29. The van der Waals surface area contributed by atoms with E-state index in [1.807, 2.05) is 30.5 Å². The zero-order valence-electron chi connectivity index (χ0n) is 15.6. The summed E-state index contributed by atoms with van der Waals surface area (Å²) in [4.78, 5) is 19.6. The number of carbonyl (C=O) groups excluding carboxylic acids is 1. The second-order valence-electron chi connectivity index (χ2n) is 8.30. The highest BCUT2D eigenvalue weighted by Crippen LogP contribution is 2.44. The minimum Gasteiger partial charge on any atom is -0.456 e. The van der Waals surface area contributed by atoms with E-state index >= 15 is 0 Å². The Kier molecular flexibility index (Phi) is 4.24. The topological polar surface area (TPSA) is 42.4 Å². The first-order valence-corrected chi connectivity index (χ1v) is 10.2. The van der Waals surface area contributed by atoms with Crippen LogP contribution in [0.2, 0.25) is 0 Å². The number of hydrogen-bond donors (Lipinski definition) is 0. The number of para-hydroxylation sites is 1. The zero-order chi connectivity index (χ0) is 18.4. The fourth-order valence-electron chi connectivity index (χ4n) is 4.95.